The fourth-order valence-electron chi connectivity index (χ4n) is 12.6. The third kappa shape index (κ3) is 5.30. The molecule has 1 amide bonds. The van der Waals surface area contributed by atoms with Gasteiger partial charge in [-0.25, -0.2) is 4.79 Å². The van der Waals surface area contributed by atoms with Gasteiger partial charge in [-0.1, -0.05) is 81.7 Å². The molecule has 4 saturated carbocycles. The van der Waals surface area contributed by atoms with Crippen molar-refractivity contribution in [1.82, 2.24) is 4.90 Å². The number of hydrogen-bond donors (Lipinski definition) is 2. The summed E-state index contributed by atoms with van der Waals surface area (Å²) in [5, 5.41) is 26.1. The average molecular weight is 696 g/mol. The van der Waals surface area contributed by atoms with E-state index < -0.39 is 22.5 Å². The van der Waals surface area contributed by atoms with E-state index in [0.29, 0.717) is 43.9 Å². The molecule has 0 saturated heterocycles. The molecule has 0 heterocycles. The van der Waals surface area contributed by atoms with Crippen LogP contribution in [0.3, 0.4) is 0 Å². The molecule has 0 aromatic heterocycles. The number of amides is 1. The van der Waals surface area contributed by atoms with E-state index in [1.54, 1.807) is 12.0 Å². The Labute approximate surface area is 303 Å². The third-order valence-corrected chi connectivity index (χ3v) is 15.4. The van der Waals surface area contributed by atoms with Gasteiger partial charge in [-0.2, -0.15) is 0 Å². The first-order valence-corrected chi connectivity index (χ1v) is 19.8. The molecule has 7 aliphatic rings. The number of methoxy groups -OCH3 is 1. The number of aliphatic hydroxyl groups is 2. The zero-order valence-corrected chi connectivity index (χ0v) is 30.9. The maximum absolute atomic E-state index is 14.9. The van der Waals surface area contributed by atoms with Gasteiger partial charge in [0, 0.05) is 48.0 Å². The van der Waals surface area contributed by atoms with Crippen LogP contribution in [0.1, 0.15) is 97.3 Å². The van der Waals surface area contributed by atoms with Gasteiger partial charge in [-0.15, -0.1) is 0 Å². The van der Waals surface area contributed by atoms with Gasteiger partial charge in [0.2, 0.25) is 0 Å². The highest BCUT2D eigenvalue weighted by Gasteiger charge is 2.74. The van der Waals surface area contributed by atoms with Crippen LogP contribution < -0.4 is 4.74 Å². The summed E-state index contributed by atoms with van der Waals surface area (Å²) in [5.74, 6) is 1.19. The van der Waals surface area contributed by atoms with Crippen molar-refractivity contribution in [2.45, 2.75) is 109 Å². The molecule has 51 heavy (non-hydrogen) atoms. The van der Waals surface area contributed by atoms with Gasteiger partial charge >= 0.3 is 6.09 Å². The van der Waals surface area contributed by atoms with Gasteiger partial charge in [0.25, 0.3) is 0 Å². The molecular formula is C44H57NO6. The summed E-state index contributed by atoms with van der Waals surface area (Å²) in [6.07, 6.45) is 17.8. The predicted octanol–water partition coefficient (Wildman–Crippen LogP) is 8.42. The maximum atomic E-state index is 14.9. The fourth-order valence-corrected chi connectivity index (χ4v) is 12.6. The molecule has 2 aromatic carbocycles. The standard InChI is InChI=1S/C44H57NO6/c1-40-19-16-33(46)27-42(40)22-23-44(35(28-42)38(47)31-11-5-4-6-12-31)36(40)17-20-41(2)37(44)18-21-43(41,49)29-45(24-9-25-50-3)39(48)51-34-15-14-30-10-7-8-13-32(30)26-34/h7-8,10,13-15,22-23,26,28,31,33,36-37,46,49H,4-6,9,11-12,16-21,24-25,27,29H2,1-3H3/t33?,36-,37-,40-,41+,42+,43-,44-/m1/s1. The topological polar surface area (TPSA) is 96.3 Å². The molecule has 7 aliphatic carbocycles. The van der Waals surface area contributed by atoms with Gasteiger partial charge in [-0.05, 0) is 104 Å². The van der Waals surface area contributed by atoms with Crippen molar-refractivity contribution in [2.75, 3.05) is 26.8 Å². The molecule has 2 N–H and O–H groups in total. The number of benzene rings is 2. The molecule has 274 valence electrons. The Morgan fingerprint density at radius 2 is 1.61 bits per heavy atom. The number of hydrogen-bond acceptors (Lipinski definition) is 6. The third-order valence-electron chi connectivity index (χ3n) is 15.4. The van der Waals surface area contributed by atoms with Crippen molar-refractivity contribution in [3.63, 3.8) is 0 Å². The van der Waals surface area contributed by atoms with Crippen LogP contribution in [0.4, 0.5) is 4.79 Å². The molecule has 1 unspecified atom stereocenters. The van der Waals surface area contributed by atoms with E-state index in [9.17, 15) is 19.8 Å². The molecular weight excluding hydrogens is 638 g/mol. The molecule has 2 spiro atoms. The number of carbonyl (C=O) groups excluding carboxylic acids is 2. The SMILES string of the molecule is COCCCN(C[C@]1(O)CC[C@H]2[C@]34C=C[C@@]5(C=C3C(=O)C3CCCCC3)CC(O)CC[C@]5(C)[C@H]4CC[C@@]21C)C(=O)Oc1ccc2ccccc2c1. The summed E-state index contributed by atoms with van der Waals surface area (Å²) in [6, 6.07) is 13.7. The number of carbonyl (C=O) groups is 2. The summed E-state index contributed by atoms with van der Waals surface area (Å²) < 4.78 is 11.4. The van der Waals surface area contributed by atoms with Crippen molar-refractivity contribution >= 4 is 22.6 Å². The van der Waals surface area contributed by atoms with Crippen LogP contribution in [0, 0.1) is 39.4 Å². The van der Waals surface area contributed by atoms with E-state index in [2.05, 4.69) is 32.1 Å². The molecule has 0 radical (unpaired) electrons. The average Bonchev–Trinajstić information content (AvgIpc) is 3.41. The van der Waals surface area contributed by atoms with Crippen molar-refractivity contribution in [3.8, 4) is 5.75 Å². The highest BCUT2D eigenvalue weighted by Crippen LogP contribution is 2.78. The van der Waals surface area contributed by atoms with Crippen LogP contribution in [0.25, 0.3) is 10.8 Å². The van der Waals surface area contributed by atoms with Crippen LogP contribution in [-0.2, 0) is 9.53 Å². The molecule has 7 heteroatoms. The highest BCUT2D eigenvalue weighted by molar-refractivity contribution is 6.00. The molecule has 2 bridgehead atoms. The minimum absolute atomic E-state index is 0.0542. The Kier molecular flexibility index (Phi) is 8.83. The molecule has 2 aromatic rings. The van der Waals surface area contributed by atoms with Crippen LogP contribution in [-0.4, -0.2) is 65.5 Å². The smallest absolute Gasteiger partial charge is 0.410 e. The Morgan fingerprint density at radius 3 is 2.39 bits per heavy atom. The van der Waals surface area contributed by atoms with Crippen molar-refractivity contribution in [1.29, 1.82) is 0 Å². The summed E-state index contributed by atoms with van der Waals surface area (Å²) in [7, 11) is 1.66. The summed E-state index contributed by atoms with van der Waals surface area (Å²) in [6.45, 7) is 5.76. The molecule has 7 nitrogen and oxygen atoms in total. The minimum atomic E-state index is -1.16. The first-order valence-electron chi connectivity index (χ1n) is 19.8. The quantitative estimate of drug-likeness (QED) is 0.202. The number of fused-ring (bicyclic) bond motifs is 2. The van der Waals surface area contributed by atoms with Crippen LogP contribution in [0.2, 0.25) is 0 Å². The summed E-state index contributed by atoms with van der Waals surface area (Å²) >= 11 is 0. The largest absolute Gasteiger partial charge is 0.415 e. The second-order valence-corrected chi connectivity index (χ2v) is 17.7. The van der Waals surface area contributed by atoms with Crippen LogP contribution >= 0.6 is 0 Å². The number of ketones is 1. The van der Waals surface area contributed by atoms with E-state index in [0.717, 1.165) is 74.1 Å². The van der Waals surface area contributed by atoms with Crippen molar-refractivity contribution in [2.24, 2.45) is 39.4 Å². The van der Waals surface area contributed by atoms with Crippen LogP contribution in [0.5, 0.6) is 5.75 Å². The van der Waals surface area contributed by atoms with Gasteiger partial charge in [0.1, 0.15) is 5.75 Å². The lowest BCUT2D eigenvalue weighted by Crippen LogP contribution is -2.67. The number of rotatable bonds is 9. The van der Waals surface area contributed by atoms with E-state index in [-0.39, 0.29) is 41.2 Å². The Balaban J connectivity index is 1.13. The van der Waals surface area contributed by atoms with E-state index in [1.165, 1.54) is 6.42 Å². The van der Waals surface area contributed by atoms with Gasteiger partial charge in [0.15, 0.2) is 5.78 Å². The van der Waals surface area contributed by atoms with E-state index in [4.69, 9.17) is 9.47 Å². The predicted molar refractivity (Wildman–Crippen MR) is 198 cm³/mol. The number of ether oxygens (including phenoxy) is 2. The number of aliphatic hydroxyl groups excluding tert-OH is 1. The zero-order valence-electron chi connectivity index (χ0n) is 30.9. The van der Waals surface area contributed by atoms with Crippen LogP contribution in [0.15, 0.2) is 66.3 Å². The maximum Gasteiger partial charge on any atom is 0.415 e. The second-order valence-electron chi connectivity index (χ2n) is 17.7. The fraction of sp³-hybridized carbons (Fsp3) is 0.636. The first kappa shape index (κ1) is 35.1. The van der Waals surface area contributed by atoms with Gasteiger partial charge in [0.05, 0.1) is 18.2 Å². The Hall–Kier alpha value is -3.00. The van der Waals surface area contributed by atoms with Gasteiger partial charge < -0.3 is 24.6 Å². The highest BCUT2D eigenvalue weighted by atomic mass is 16.6. The number of Topliss-reactive ketones (excluding diaryl/α,β-unsaturated/α-hetero) is 1. The summed E-state index contributed by atoms with van der Waals surface area (Å²) in [5.41, 5.74) is -1.53. The lowest BCUT2D eigenvalue weighted by molar-refractivity contribution is -0.178. The van der Waals surface area contributed by atoms with Crippen molar-refractivity contribution in [3.05, 3.63) is 66.3 Å². The number of allylic oxidation sites excluding steroid dienone is 4. The second kappa shape index (κ2) is 12.8. The van der Waals surface area contributed by atoms with Gasteiger partial charge in [-0.3, -0.25) is 4.79 Å². The summed E-state index contributed by atoms with van der Waals surface area (Å²) in [4.78, 5) is 30.6. The lowest BCUT2D eigenvalue weighted by atomic mass is 9.32. The Bertz CT molecular complexity index is 1750. The minimum Gasteiger partial charge on any atom is -0.410 e. The first-order chi connectivity index (χ1) is 24.5. The molecule has 8 atom stereocenters. The zero-order chi connectivity index (χ0) is 35.6. The van der Waals surface area contributed by atoms with Crippen molar-refractivity contribution < 1.29 is 29.3 Å². The molecule has 9 rings (SSSR count). The lowest BCUT2D eigenvalue weighted by Gasteiger charge is -2.71. The monoisotopic (exact) mass is 695 g/mol. The van der Waals surface area contributed by atoms with E-state index >= 15 is 0 Å². The Morgan fingerprint density at radius 1 is 0.882 bits per heavy atom. The normalized spacial score (nSPS) is 38.5. The molecule has 4 fully saturated rings. The molecule has 0 aliphatic heterocycles. The van der Waals surface area contributed by atoms with E-state index in [1.807, 2.05) is 42.5 Å². The number of nitrogens with zero attached hydrogens (tertiary/aromatic N) is 1.